The highest BCUT2D eigenvalue weighted by Crippen LogP contribution is 2.33. The van der Waals surface area contributed by atoms with E-state index in [0.29, 0.717) is 11.9 Å². The fourth-order valence-electron chi connectivity index (χ4n) is 1.47. The monoisotopic (exact) mass is 301 g/mol. The summed E-state index contributed by atoms with van der Waals surface area (Å²) in [6.45, 7) is 8.77. The number of hydrogen-bond donors (Lipinski definition) is 2. The molecule has 0 bridgehead atoms. The third-order valence-corrected chi connectivity index (χ3v) is 3.81. The minimum absolute atomic E-state index is 0.162. The summed E-state index contributed by atoms with van der Waals surface area (Å²) < 4.78 is 0.779. The molecule has 6 heteroatoms. The number of halogens is 1. The molecule has 0 aromatic carbocycles. The van der Waals surface area contributed by atoms with E-state index in [4.69, 9.17) is 5.84 Å². The van der Waals surface area contributed by atoms with E-state index in [1.807, 2.05) is 7.05 Å². The van der Waals surface area contributed by atoms with Gasteiger partial charge in [-0.2, -0.15) is 0 Å². The van der Waals surface area contributed by atoms with Crippen LogP contribution in [0.1, 0.15) is 27.7 Å². The van der Waals surface area contributed by atoms with Gasteiger partial charge in [0.25, 0.3) is 0 Å². The minimum Gasteiger partial charge on any atom is -0.355 e. The van der Waals surface area contributed by atoms with Crippen LogP contribution in [0.3, 0.4) is 0 Å². The summed E-state index contributed by atoms with van der Waals surface area (Å²) in [6, 6.07) is 0.333. The lowest BCUT2D eigenvalue weighted by atomic mass is 9.87. The smallest absolute Gasteiger partial charge is 0.159 e. The molecule has 0 aliphatic carbocycles. The Morgan fingerprint density at radius 2 is 2.00 bits per heavy atom. The van der Waals surface area contributed by atoms with Crippen LogP contribution < -0.4 is 16.2 Å². The van der Waals surface area contributed by atoms with Crippen molar-refractivity contribution in [1.29, 1.82) is 0 Å². The van der Waals surface area contributed by atoms with Gasteiger partial charge in [-0.15, -0.1) is 0 Å². The highest BCUT2D eigenvalue weighted by molar-refractivity contribution is 9.10. The quantitative estimate of drug-likeness (QED) is 0.663. The van der Waals surface area contributed by atoms with Gasteiger partial charge in [-0.25, -0.2) is 15.8 Å². The molecule has 0 aliphatic rings. The molecule has 0 radical (unpaired) electrons. The molecule has 0 amide bonds. The molecule has 0 aliphatic heterocycles. The van der Waals surface area contributed by atoms with E-state index in [2.05, 4.69) is 63.9 Å². The van der Waals surface area contributed by atoms with E-state index in [1.165, 1.54) is 6.33 Å². The Hall–Kier alpha value is -0.880. The molecular weight excluding hydrogens is 282 g/mol. The molecule has 96 valence electrons. The number of aromatic nitrogens is 2. The standard InChI is InChI=1S/C11H20BrN5/c1-7(11(2,3)4)17(5)10-8(12)9(16-13)14-6-15-10/h6-7H,13H2,1-5H3,(H,14,15,16). The number of rotatable bonds is 3. The molecule has 0 saturated heterocycles. The van der Waals surface area contributed by atoms with Crippen molar-refractivity contribution in [1.82, 2.24) is 9.97 Å². The Kier molecular flexibility index (Phi) is 4.32. The SMILES string of the molecule is CC(N(C)c1ncnc(NN)c1Br)C(C)(C)C. The lowest BCUT2D eigenvalue weighted by Crippen LogP contribution is -2.40. The molecular formula is C11H20BrN5. The lowest BCUT2D eigenvalue weighted by Gasteiger charge is -2.36. The van der Waals surface area contributed by atoms with Crippen LogP contribution in [0.4, 0.5) is 11.6 Å². The second-order valence-corrected chi connectivity index (χ2v) is 5.95. The first-order valence-electron chi connectivity index (χ1n) is 5.49. The van der Waals surface area contributed by atoms with Gasteiger partial charge in [-0.05, 0) is 28.3 Å². The van der Waals surface area contributed by atoms with Crippen LogP contribution in [0.2, 0.25) is 0 Å². The highest BCUT2D eigenvalue weighted by Gasteiger charge is 2.26. The van der Waals surface area contributed by atoms with Gasteiger partial charge in [0.15, 0.2) is 5.82 Å². The van der Waals surface area contributed by atoms with Crippen molar-refractivity contribution >= 4 is 27.6 Å². The van der Waals surface area contributed by atoms with Crippen molar-refractivity contribution in [2.45, 2.75) is 33.7 Å². The van der Waals surface area contributed by atoms with E-state index in [9.17, 15) is 0 Å². The van der Waals surface area contributed by atoms with Crippen LogP contribution in [-0.2, 0) is 0 Å². The van der Waals surface area contributed by atoms with Crippen LogP contribution in [0, 0.1) is 5.41 Å². The zero-order valence-corrected chi connectivity index (χ0v) is 12.5. The number of hydrazine groups is 1. The summed E-state index contributed by atoms with van der Waals surface area (Å²) in [5.41, 5.74) is 2.71. The summed E-state index contributed by atoms with van der Waals surface area (Å²) in [7, 11) is 2.02. The fourth-order valence-corrected chi connectivity index (χ4v) is 2.07. The van der Waals surface area contributed by atoms with Gasteiger partial charge in [0.1, 0.15) is 16.6 Å². The average molecular weight is 302 g/mol. The van der Waals surface area contributed by atoms with Gasteiger partial charge >= 0.3 is 0 Å². The topological polar surface area (TPSA) is 67.1 Å². The van der Waals surface area contributed by atoms with Crippen molar-refractivity contribution in [2.24, 2.45) is 11.3 Å². The maximum atomic E-state index is 5.39. The minimum atomic E-state index is 0.162. The first-order chi connectivity index (χ1) is 7.79. The molecule has 0 fully saturated rings. The van der Waals surface area contributed by atoms with Crippen LogP contribution in [-0.4, -0.2) is 23.1 Å². The molecule has 1 rings (SSSR count). The van der Waals surface area contributed by atoms with Crippen LogP contribution in [0.5, 0.6) is 0 Å². The molecule has 1 atom stereocenters. The Labute approximate surface area is 111 Å². The Morgan fingerprint density at radius 1 is 1.41 bits per heavy atom. The van der Waals surface area contributed by atoms with Gasteiger partial charge in [0.05, 0.1) is 0 Å². The fraction of sp³-hybridized carbons (Fsp3) is 0.636. The van der Waals surface area contributed by atoms with E-state index in [1.54, 1.807) is 0 Å². The third-order valence-electron chi connectivity index (χ3n) is 3.08. The number of nitrogens with zero attached hydrogens (tertiary/aromatic N) is 3. The normalized spacial score (nSPS) is 13.4. The largest absolute Gasteiger partial charge is 0.355 e. The van der Waals surface area contributed by atoms with Crippen molar-refractivity contribution in [3.8, 4) is 0 Å². The maximum absolute atomic E-state index is 5.39. The zero-order chi connectivity index (χ0) is 13.2. The van der Waals surface area contributed by atoms with Gasteiger partial charge in [-0.1, -0.05) is 20.8 Å². The van der Waals surface area contributed by atoms with Crippen LogP contribution in [0.15, 0.2) is 10.8 Å². The van der Waals surface area contributed by atoms with E-state index in [-0.39, 0.29) is 5.41 Å². The molecule has 1 unspecified atom stereocenters. The van der Waals surface area contributed by atoms with Crippen LogP contribution >= 0.6 is 15.9 Å². The lowest BCUT2D eigenvalue weighted by molar-refractivity contribution is 0.328. The molecule has 0 spiro atoms. The Bertz CT molecular complexity index is 388. The summed E-state index contributed by atoms with van der Waals surface area (Å²) in [5, 5.41) is 0. The van der Waals surface area contributed by atoms with Crippen molar-refractivity contribution in [3.63, 3.8) is 0 Å². The molecule has 1 heterocycles. The zero-order valence-electron chi connectivity index (χ0n) is 11.0. The molecule has 0 saturated carbocycles. The van der Waals surface area contributed by atoms with Gasteiger partial charge in [0, 0.05) is 13.1 Å². The van der Waals surface area contributed by atoms with Gasteiger partial charge < -0.3 is 10.3 Å². The molecule has 3 N–H and O–H groups in total. The summed E-state index contributed by atoms with van der Waals surface area (Å²) in [4.78, 5) is 10.5. The van der Waals surface area contributed by atoms with E-state index >= 15 is 0 Å². The predicted molar refractivity (Wildman–Crippen MR) is 74.9 cm³/mol. The van der Waals surface area contributed by atoms with Crippen molar-refractivity contribution in [2.75, 3.05) is 17.4 Å². The average Bonchev–Trinajstić information content (AvgIpc) is 2.26. The Balaban J connectivity index is 3.08. The third kappa shape index (κ3) is 3.07. The number of anilines is 2. The number of nitrogens with one attached hydrogen (secondary N) is 1. The van der Waals surface area contributed by atoms with Crippen molar-refractivity contribution < 1.29 is 0 Å². The molecule has 1 aromatic heterocycles. The second-order valence-electron chi connectivity index (χ2n) is 5.16. The molecule has 5 nitrogen and oxygen atoms in total. The van der Waals surface area contributed by atoms with E-state index < -0.39 is 0 Å². The summed E-state index contributed by atoms with van der Waals surface area (Å²) in [5.74, 6) is 6.81. The van der Waals surface area contributed by atoms with Crippen molar-refractivity contribution in [3.05, 3.63) is 10.8 Å². The Morgan fingerprint density at radius 3 is 2.47 bits per heavy atom. The van der Waals surface area contributed by atoms with E-state index in [0.717, 1.165) is 10.3 Å². The second kappa shape index (κ2) is 5.18. The first-order valence-corrected chi connectivity index (χ1v) is 6.28. The predicted octanol–water partition coefficient (Wildman–Crippen LogP) is 2.40. The number of nitrogen functional groups attached to an aromatic ring is 1. The summed E-state index contributed by atoms with van der Waals surface area (Å²) in [6.07, 6.45) is 1.50. The molecule has 1 aromatic rings. The number of hydrogen-bond acceptors (Lipinski definition) is 5. The molecule has 17 heavy (non-hydrogen) atoms. The van der Waals surface area contributed by atoms with Gasteiger partial charge in [-0.3, -0.25) is 0 Å². The van der Waals surface area contributed by atoms with Crippen LogP contribution in [0.25, 0.3) is 0 Å². The van der Waals surface area contributed by atoms with Gasteiger partial charge in [0.2, 0.25) is 0 Å². The highest BCUT2D eigenvalue weighted by atomic mass is 79.9. The number of nitrogens with two attached hydrogens (primary N) is 1. The summed E-state index contributed by atoms with van der Waals surface area (Å²) >= 11 is 3.47. The first kappa shape index (κ1) is 14.2. The maximum Gasteiger partial charge on any atom is 0.159 e.